The Kier molecular flexibility index (Phi) is 5.95. The highest BCUT2D eigenvalue weighted by atomic mass is 35.5. The molecule has 3 rings (SSSR count). The van der Waals surface area contributed by atoms with Gasteiger partial charge in [-0.25, -0.2) is 0 Å². The van der Waals surface area contributed by atoms with E-state index in [0.717, 1.165) is 23.9 Å². The molecule has 10 heteroatoms. The van der Waals surface area contributed by atoms with E-state index in [-0.39, 0.29) is 33.8 Å². The minimum Gasteiger partial charge on any atom is -0.508 e. The number of halogens is 4. The van der Waals surface area contributed by atoms with Gasteiger partial charge in [0.15, 0.2) is 5.17 Å². The van der Waals surface area contributed by atoms with Crippen LogP contribution in [0.4, 0.5) is 13.2 Å². The van der Waals surface area contributed by atoms with Crippen molar-refractivity contribution in [2.24, 2.45) is 10.2 Å². The summed E-state index contributed by atoms with van der Waals surface area (Å²) >= 11 is 7.06. The van der Waals surface area contributed by atoms with Crippen LogP contribution >= 0.6 is 23.4 Å². The second-order valence-electron chi connectivity index (χ2n) is 5.85. The van der Waals surface area contributed by atoms with E-state index in [4.69, 9.17) is 11.6 Å². The lowest BCUT2D eigenvalue weighted by Crippen LogP contribution is -2.26. The van der Waals surface area contributed by atoms with Gasteiger partial charge in [0.25, 0.3) is 0 Å². The molecule has 1 saturated heterocycles. The summed E-state index contributed by atoms with van der Waals surface area (Å²) in [6.45, 7) is 0. The number of aromatic hydroxyl groups is 1. The summed E-state index contributed by atoms with van der Waals surface area (Å²) in [4.78, 5) is 12.1. The van der Waals surface area contributed by atoms with E-state index in [0.29, 0.717) is 5.56 Å². The normalized spacial score (nSPS) is 18.8. The van der Waals surface area contributed by atoms with Crippen molar-refractivity contribution in [1.82, 2.24) is 5.32 Å². The molecule has 1 aliphatic rings. The number of rotatable bonds is 4. The molecule has 0 spiro atoms. The van der Waals surface area contributed by atoms with Crippen LogP contribution in [0, 0.1) is 0 Å². The lowest BCUT2D eigenvalue weighted by molar-refractivity contribution is -0.137. The van der Waals surface area contributed by atoms with Crippen LogP contribution in [0.2, 0.25) is 5.02 Å². The number of nitrogens with one attached hydrogen (secondary N) is 1. The molecule has 0 unspecified atom stereocenters. The van der Waals surface area contributed by atoms with Gasteiger partial charge in [-0.3, -0.25) is 4.79 Å². The number of amides is 1. The summed E-state index contributed by atoms with van der Waals surface area (Å²) in [6, 6.07) is 9.29. The average molecular weight is 428 g/mol. The van der Waals surface area contributed by atoms with Crippen LogP contribution in [0.1, 0.15) is 16.7 Å². The SMILES string of the molecule is O=C1N/C(=N/N=C\c2ccc(O)cc2)S[C@@H]1Cc1cc(C(F)(F)F)ccc1Cl. The maximum atomic E-state index is 12.9. The zero-order chi connectivity index (χ0) is 20.3. The minimum absolute atomic E-state index is 0.0277. The first-order chi connectivity index (χ1) is 13.2. The molecule has 2 aromatic rings. The van der Waals surface area contributed by atoms with E-state index in [2.05, 4.69) is 15.5 Å². The number of carbonyl (C=O) groups excluding carboxylic acids is 1. The van der Waals surface area contributed by atoms with Crippen molar-refractivity contribution in [2.75, 3.05) is 0 Å². The fraction of sp³-hybridized carbons (Fsp3) is 0.167. The molecule has 0 aliphatic carbocycles. The van der Waals surface area contributed by atoms with Gasteiger partial charge in [0, 0.05) is 5.02 Å². The molecule has 146 valence electrons. The molecular weight excluding hydrogens is 415 g/mol. The van der Waals surface area contributed by atoms with E-state index in [1.165, 1.54) is 24.4 Å². The van der Waals surface area contributed by atoms with Gasteiger partial charge in [0.05, 0.1) is 17.0 Å². The molecule has 2 aromatic carbocycles. The van der Waals surface area contributed by atoms with E-state index in [1.54, 1.807) is 12.1 Å². The third-order valence-corrected chi connectivity index (χ3v) is 5.24. The first kappa shape index (κ1) is 20.2. The third-order valence-electron chi connectivity index (χ3n) is 3.80. The molecule has 0 bridgehead atoms. The van der Waals surface area contributed by atoms with Gasteiger partial charge in [-0.1, -0.05) is 23.4 Å². The number of amidine groups is 1. The molecule has 5 nitrogen and oxygen atoms in total. The zero-order valence-corrected chi connectivity index (χ0v) is 15.6. The van der Waals surface area contributed by atoms with Crippen molar-refractivity contribution in [2.45, 2.75) is 17.8 Å². The number of phenolic OH excluding ortho intramolecular Hbond substituents is 1. The number of benzene rings is 2. The molecule has 1 fully saturated rings. The van der Waals surface area contributed by atoms with Gasteiger partial charge in [-0.05, 0) is 60.0 Å². The van der Waals surface area contributed by atoms with Gasteiger partial charge >= 0.3 is 6.18 Å². The summed E-state index contributed by atoms with van der Waals surface area (Å²) in [7, 11) is 0. The van der Waals surface area contributed by atoms with E-state index in [9.17, 15) is 23.1 Å². The van der Waals surface area contributed by atoms with Gasteiger partial charge in [-0.2, -0.15) is 18.3 Å². The van der Waals surface area contributed by atoms with Crippen molar-refractivity contribution < 1.29 is 23.1 Å². The average Bonchev–Trinajstić information content (AvgIpc) is 2.97. The number of thioether (sulfide) groups is 1. The Balaban J connectivity index is 1.69. The number of hydrogen-bond donors (Lipinski definition) is 2. The summed E-state index contributed by atoms with van der Waals surface area (Å²) in [5, 5.41) is 19.3. The van der Waals surface area contributed by atoms with Crippen molar-refractivity contribution >= 4 is 40.7 Å². The highest BCUT2D eigenvalue weighted by molar-refractivity contribution is 8.15. The van der Waals surface area contributed by atoms with Gasteiger partial charge in [0.2, 0.25) is 5.91 Å². The first-order valence-corrected chi connectivity index (χ1v) is 9.21. The smallest absolute Gasteiger partial charge is 0.416 e. The Morgan fingerprint density at radius 2 is 1.93 bits per heavy atom. The maximum Gasteiger partial charge on any atom is 0.416 e. The summed E-state index contributed by atoms with van der Waals surface area (Å²) in [6.07, 6.45) is -3.02. The largest absolute Gasteiger partial charge is 0.508 e. The van der Waals surface area contributed by atoms with E-state index in [1.807, 2.05) is 0 Å². The maximum absolute atomic E-state index is 12.9. The second kappa shape index (κ2) is 8.24. The van der Waals surface area contributed by atoms with Gasteiger partial charge in [0.1, 0.15) is 5.75 Å². The molecule has 28 heavy (non-hydrogen) atoms. The first-order valence-electron chi connectivity index (χ1n) is 7.95. The van der Waals surface area contributed by atoms with Crippen molar-refractivity contribution in [3.63, 3.8) is 0 Å². The van der Waals surface area contributed by atoms with Crippen LogP contribution in [-0.4, -0.2) is 27.6 Å². The Bertz CT molecular complexity index is 946. The number of hydrogen-bond acceptors (Lipinski definition) is 5. The second-order valence-corrected chi connectivity index (χ2v) is 7.44. The molecule has 1 amide bonds. The highest BCUT2D eigenvalue weighted by Crippen LogP contribution is 2.33. The fourth-order valence-electron chi connectivity index (χ4n) is 2.40. The third kappa shape index (κ3) is 5.05. The van der Waals surface area contributed by atoms with Crippen LogP contribution in [0.3, 0.4) is 0 Å². The molecule has 1 heterocycles. The quantitative estimate of drug-likeness (QED) is 0.566. The van der Waals surface area contributed by atoms with Crippen LogP contribution in [-0.2, 0) is 17.4 Å². The number of phenols is 1. The van der Waals surface area contributed by atoms with E-state index >= 15 is 0 Å². The van der Waals surface area contributed by atoms with E-state index < -0.39 is 17.0 Å². The fourth-order valence-corrected chi connectivity index (χ4v) is 3.55. The standard InChI is InChI=1S/C18H13ClF3N3O2S/c19-14-6-3-12(18(20,21)22)7-11(14)8-15-16(27)24-17(28-15)25-23-9-10-1-4-13(26)5-2-10/h1-7,9,15,26H,8H2,(H,24,25,27)/b23-9-/t15-/m1/s1. The lowest BCUT2D eigenvalue weighted by Gasteiger charge is -2.12. The van der Waals surface area contributed by atoms with Crippen LogP contribution in [0.5, 0.6) is 5.75 Å². The van der Waals surface area contributed by atoms with Crippen LogP contribution in [0.25, 0.3) is 0 Å². The predicted octanol–water partition coefficient (Wildman–Crippen LogP) is 4.23. The molecule has 0 radical (unpaired) electrons. The predicted molar refractivity (Wildman–Crippen MR) is 103 cm³/mol. The van der Waals surface area contributed by atoms with Gasteiger partial charge < -0.3 is 10.4 Å². The molecule has 2 N–H and O–H groups in total. The molecule has 0 saturated carbocycles. The molecular formula is C18H13ClF3N3O2S. The molecule has 1 atom stereocenters. The molecule has 0 aromatic heterocycles. The Labute approximate surface area is 167 Å². The summed E-state index contributed by atoms with van der Waals surface area (Å²) < 4.78 is 38.6. The van der Waals surface area contributed by atoms with Crippen molar-refractivity contribution in [3.05, 3.63) is 64.2 Å². The number of carbonyl (C=O) groups is 1. The van der Waals surface area contributed by atoms with Crippen molar-refractivity contribution in [1.29, 1.82) is 0 Å². The van der Waals surface area contributed by atoms with Crippen molar-refractivity contribution in [3.8, 4) is 5.75 Å². The Hall–Kier alpha value is -2.52. The summed E-state index contributed by atoms with van der Waals surface area (Å²) in [5.41, 5.74) is 0.115. The Morgan fingerprint density at radius 3 is 2.61 bits per heavy atom. The minimum atomic E-state index is -4.49. The lowest BCUT2D eigenvalue weighted by atomic mass is 10.1. The van der Waals surface area contributed by atoms with Gasteiger partial charge in [-0.15, -0.1) is 5.10 Å². The zero-order valence-electron chi connectivity index (χ0n) is 14.1. The molecule has 1 aliphatic heterocycles. The highest BCUT2D eigenvalue weighted by Gasteiger charge is 2.34. The summed E-state index contributed by atoms with van der Waals surface area (Å²) in [5.74, 6) is -0.254. The Morgan fingerprint density at radius 1 is 1.21 bits per heavy atom. The topological polar surface area (TPSA) is 74.0 Å². The van der Waals surface area contributed by atoms with Crippen LogP contribution in [0.15, 0.2) is 52.7 Å². The number of nitrogens with zero attached hydrogens (tertiary/aromatic N) is 2. The monoisotopic (exact) mass is 427 g/mol. The number of alkyl halides is 3. The van der Waals surface area contributed by atoms with Crippen LogP contribution < -0.4 is 5.32 Å².